The number of carbonyl (C=O) groups is 1. The molecule has 2 N–H and O–H groups in total. The normalized spacial score (nSPS) is 11.9. The number of unbranched alkanes of at least 4 members (excludes halogenated alkanes) is 1. The van der Waals surface area contributed by atoms with Gasteiger partial charge < -0.3 is 10.6 Å². The average molecular weight is 310 g/mol. The molecule has 0 aliphatic heterocycles. The van der Waals surface area contributed by atoms with Crippen LogP contribution >= 0.6 is 0 Å². The van der Waals surface area contributed by atoms with Crippen LogP contribution in [0.3, 0.4) is 0 Å². The van der Waals surface area contributed by atoms with Crippen molar-refractivity contribution in [3.05, 3.63) is 71.8 Å². The van der Waals surface area contributed by atoms with Crippen LogP contribution in [0, 0.1) is 0 Å². The molecule has 1 amide bonds. The molecule has 0 aromatic heterocycles. The first-order valence-corrected chi connectivity index (χ1v) is 8.25. The van der Waals surface area contributed by atoms with Gasteiger partial charge in [-0.05, 0) is 30.4 Å². The van der Waals surface area contributed by atoms with Crippen molar-refractivity contribution in [3.63, 3.8) is 0 Å². The van der Waals surface area contributed by atoms with Crippen molar-refractivity contribution in [2.75, 3.05) is 13.6 Å². The van der Waals surface area contributed by atoms with E-state index in [1.807, 2.05) is 43.4 Å². The summed E-state index contributed by atoms with van der Waals surface area (Å²) in [5.41, 5.74) is 8.48. The van der Waals surface area contributed by atoms with Gasteiger partial charge in [0.15, 0.2) is 0 Å². The van der Waals surface area contributed by atoms with Crippen LogP contribution in [0.25, 0.3) is 0 Å². The molecule has 3 nitrogen and oxygen atoms in total. The second-order valence-corrected chi connectivity index (χ2v) is 5.98. The Kier molecular flexibility index (Phi) is 6.82. The zero-order valence-electron chi connectivity index (χ0n) is 13.8. The first-order valence-electron chi connectivity index (χ1n) is 8.25. The Labute approximate surface area is 139 Å². The predicted molar refractivity (Wildman–Crippen MR) is 95.0 cm³/mol. The lowest BCUT2D eigenvalue weighted by atomic mass is 10.0. The van der Waals surface area contributed by atoms with Gasteiger partial charge in [-0.15, -0.1) is 0 Å². The molecule has 23 heavy (non-hydrogen) atoms. The molecule has 0 aliphatic rings. The molecule has 0 aliphatic carbocycles. The Balaban J connectivity index is 1.68. The fourth-order valence-electron chi connectivity index (χ4n) is 2.61. The van der Waals surface area contributed by atoms with Crippen LogP contribution in [0.15, 0.2) is 60.7 Å². The van der Waals surface area contributed by atoms with Crippen LogP contribution < -0.4 is 5.73 Å². The van der Waals surface area contributed by atoms with Crippen molar-refractivity contribution in [2.24, 2.45) is 5.73 Å². The highest BCUT2D eigenvalue weighted by Gasteiger charge is 2.14. The molecule has 0 spiro atoms. The summed E-state index contributed by atoms with van der Waals surface area (Å²) in [5, 5.41) is 0. The predicted octanol–water partition coefficient (Wildman–Crippen LogP) is 3.56. The fourth-order valence-corrected chi connectivity index (χ4v) is 2.61. The zero-order valence-corrected chi connectivity index (χ0v) is 13.8. The summed E-state index contributed by atoms with van der Waals surface area (Å²) in [6.45, 7) is 0.785. The van der Waals surface area contributed by atoms with Crippen LogP contribution in [0.4, 0.5) is 0 Å². The minimum Gasteiger partial charge on any atom is -0.346 e. The lowest BCUT2D eigenvalue weighted by Crippen LogP contribution is -2.30. The molecule has 0 heterocycles. The fraction of sp³-hybridized carbons (Fsp3) is 0.350. The molecule has 0 fully saturated rings. The summed E-state index contributed by atoms with van der Waals surface area (Å²) in [4.78, 5) is 14.0. The van der Waals surface area contributed by atoms with E-state index in [0.29, 0.717) is 6.42 Å². The molecule has 0 radical (unpaired) electrons. The first kappa shape index (κ1) is 17.2. The monoisotopic (exact) mass is 310 g/mol. The Morgan fingerprint density at radius 2 is 1.61 bits per heavy atom. The highest BCUT2D eigenvalue weighted by atomic mass is 16.2. The van der Waals surface area contributed by atoms with Crippen LogP contribution in [0.2, 0.25) is 0 Å². The van der Waals surface area contributed by atoms with Crippen molar-refractivity contribution in [3.8, 4) is 0 Å². The molecule has 3 heteroatoms. The third-order valence-electron chi connectivity index (χ3n) is 4.10. The molecule has 2 rings (SSSR count). The van der Waals surface area contributed by atoms with Crippen LogP contribution in [0.1, 0.15) is 36.4 Å². The largest absolute Gasteiger partial charge is 0.346 e. The molecule has 1 unspecified atom stereocenters. The van der Waals surface area contributed by atoms with E-state index in [4.69, 9.17) is 5.73 Å². The number of nitrogens with zero attached hydrogens (tertiary/aromatic N) is 1. The van der Waals surface area contributed by atoms with Gasteiger partial charge >= 0.3 is 0 Å². The van der Waals surface area contributed by atoms with Gasteiger partial charge in [0.25, 0.3) is 0 Å². The smallest absolute Gasteiger partial charge is 0.224 e. The number of amides is 1. The number of nitrogens with two attached hydrogens (primary N) is 1. The summed E-state index contributed by atoms with van der Waals surface area (Å²) in [6.07, 6.45) is 3.52. The van der Waals surface area contributed by atoms with Gasteiger partial charge in [0.2, 0.25) is 5.91 Å². The van der Waals surface area contributed by atoms with E-state index >= 15 is 0 Å². The molecule has 2 aromatic rings. The summed E-state index contributed by atoms with van der Waals surface area (Å²) in [7, 11) is 1.86. The number of benzene rings is 2. The van der Waals surface area contributed by atoms with Gasteiger partial charge in [-0.1, -0.05) is 60.7 Å². The Morgan fingerprint density at radius 1 is 1.00 bits per heavy atom. The quantitative estimate of drug-likeness (QED) is 0.758. The second-order valence-electron chi connectivity index (χ2n) is 5.98. The first-order chi connectivity index (χ1) is 11.2. The van der Waals surface area contributed by atoms with E-state index in [1.54, 1.807) is 4.90 Å². The van der Waals surface area contributed by atoms with Crippen molar-refractivity contribution >= 4 is 5.91 Å². The topological polar surface area (TPSA) is 46.3 Å². The summed E-state index contributed by atoms with van der Waals surface area (Å²) >= 11 is 0. The number of hydrogen-bond acceptors (Lipinski definition) is 2. The van der Waals surface area contributed by atoms with E-state index in [-0.39, 0.29) is 11.9 Å². The highest BCUT2D eigenvalue weighted by molar-refractivity contribution is 5.76. The molecule has 122 valence electrons. The van der Waals surface area contributed by atoms with Gasteiger partial charge in [-0.25, -0.2) is 0 Å². The SMILES string of the molecule is CN(CCCCc1ccccc1)C(=O)CC(N)c1ccccc1. The molecule has 0 saturated heterocycles. The summed E-state index contributed by atoms with van der Waals surface area (Å²) < 4.78 is 0. The molecule has 1 atom stereocenters. The Bertz CT molecular complexity index is 583. The van der Waals surface area contributed by atoms with Gasteiger partial charge in [-0.3, -0.25) is 4.79 Å². The van der Waals surface area contributed by atoms with Crippen molar-refractivity contribution in [2.45, 2.75) is 31.7 Å². The van der Waals surface area contributed by atoms with Crippen LogP contribution in [-0.2, 0) is 11.2 Å². The lowest BCUT2D eigenvalue weighted by molar-refractivity contribution is -0.130. The van der Waals surface area contributed by atoms with Crippen LogP contribution in [-0.4, -0.2) is 24.4 Å². The minimum atomic E-state index is -0.226. The average Bonchev–Trinajstić information content (AvgIpc) is 2.60. The van der Waals surface area contributed by atoms with E-state index in [9.17, 15) is 4.79 Å². The zero-order chi connectivity index (χ0) is 16.5. The lowest BCUT2D eigenvalue weighted by Gasteiger charge is -2.20. The maximum absolute atomic E-state index is 12.2. The van der Waals surface area contributed by atoms with E-state index < -0.39 is 0 Å². The number of aryl methyl sites for hydroxylation is 1. The minimum absolute atomic E-state index is 0.112. The third-order valence-corrected chi connectivity index (χ3v) is 4.10. The van der Waals surface area contributed by atoms with E-state index in [1.165, 1.54) is 5.56 Å². The molecule has 2 aromatic carbocycles. The van der Waals surface area contributed by atoms with Gasteiger partial charge in [-0.2, -0.15) is 0 Å². The number of hydrogen-bond donors (Lipinski definition) is 1. The van der Waals surface area contributed by atoms with Gasteiger partial charge in [0.05, 0.1) is 0 Å². The highest BCUT2D eigenvalue weighted by Crippen LogP contribution is 2.14. The molecular formula is C20H26N2O. The molecule has 0 bridgehead atoms. The number of carbonyl (C=O) groups excluding carboxylic acids is 1. The van der Waals surface area contributed by atoms with Gasteiger partial charge in [0, 0.05) is 26.1 Å². The standard InChI is InChI=1S/C20H26N2O/c1-22(15-9-8-12-17-10-4-2-5-11-17)20(23)16-19(21)18-13-6-3-7-14-18/h2-7,10-11,13-14,19H,8-9,12,15-16,21H2,1H3. The van der Waals surface area contributed by atoms with E-state index in [0.717, 1.165) is 31.4 Å². The Morgan fingerprint density at radius 3 is 2.26 bits per heavy atom. The Hall–Kier alpha value is -2.13. The third kappa shape index (κ3) is 5.87. The number of rotatable bonds is 8. The van der Waals surface area contributed by atoms with Crippen molar-refractivity contribution < 1.29 is 4.79 Å². The molecular weight excluding hydrogens is 284 g/mol. The second kappa shape index (κ2) is 9.11. The van der Waals surface area contributed by atoms with Crippen molar-refractivity contribution in [1.29, 1.82) is 0 Å². The molecule has 0 saturated carbocycles. The van der Waals surface area contributed by atoms with E-state index in [2.05, 4.69) is 24.3 Å². The maximum Gasteiger partial charge on any atom is 0.224 e. The summed E-state index contributed by atoms with van der Waals surface area (Å²) in [6, 6.07) is 20.0. The van der Waals surface area contributed by atoms with Gasteiger partial charge in [0.1, 0.15) is 0 Å². The summed E-state index contributed by atoms with van der Waals surface area (Å²) in [5.74, 6) is 0.112. The van der Waals surface area contributed by atoms with Crippen LogP contribution in [0.5, 0.6) is 0 Å². The maximum atomic E-state index is 12.2. The van der Waals surface area contributed by atoms with Crippen molar-refractivity contribution in [1.82, 2.24) is 4.90 Å².